The molecular formula is C24H34BrN3O4S. The molecule has 9 heteroatoms. The van der Waals surface area contributed by atoms with Gasteiger partial charge in [0.2, 0.25) is 21.8 Å². The number of benzene rings is 1. The van der Waals surface area contributed by atoms with E-state index in [4.69, 9.17) is 0 Å². The average molecular weight is 541 g/mol. The lowest BCUT2D eigenvalue weighted by Crippen LogP contribution is -2.49. The summed E-state index contributed by atoms with van der Waals surface area (Å²) < 4.78 is 29.2. The molecule has 3 atom stereocenters. The molecule has 0 aromatic heterocycles. The maximum absolute atomic E-state index is 13.6. The zero-order valence-corrected chi connectivity index (χ0v) is 21.9. The number of halogens is 1. The highest BCUT2D eigenvalue weighted by molar-refractivity contribution is 9.10. The molecule has 1 aromatic carbocycles. The van der Waals surface area contributed by atoms with Crippen LogP contribution in [0.25, 0.3) is 0 Å². The van der Waals surface area contributed by atoms with Crippen LogP contribution in [0.2, 0.25) is 0 Å². The molecule has 182 valence electrons. The highest BCUT2D eigenvalue weighted by Gasteiger charge is 2.37. The van der Waals surface area contributed by atoms with Crippen LogP contribution >= 0.6 is 15.9 Å². The molecule has 2 fully saturated rings. The second kappa shape index (κ2) is 10.0. The molecule has 2 aliphatic heterocycles. The van der Waals surface area contributed by atoms with E-state index >= 15 is 0 Å². The Hall–Kier alpha value is -1.45. The van der Waals surface area contributed by atoms with Gasteiger partial charge in [0.05, 0.1) is 10.8 Å². The molecule has 1 saturated heterocycles. The summed E-state index contributed by atoms with van der Waals surface area (Å²) in [5.74, 6) is 0.0868. The highest BCUT2D eigenvalue weighted by Crippen LogP contribution is 2.37. The summed E-state index contributed by atoms with van der Waals surface area (Å²) >= 11 is 3.45. The molecule has 0 radical (unpaired) electrons. The lowest BCUT2D eigenvalue weighted by molar-refractivity contribution is -0.127. The fourth-order valence-electron chi connectivity index (χ4n) is 5.38. The maximum Gasteiger partial charge on any atom is 0.244 e. The third-order valence-electron chi connectivity index (χ3n) is 7.44. The van der Waals surface area contributed by atoms with Crippen LogP contribution in [-0.2, 0) is 26.0 Å². The van der Waals surface area contributed by atoms with E-state index in [1.165, 1.54) is 10.7 Å². The van der Waals surface area contributed by atoms with Crippen LogP contribution < -0.4 is 10.2 Å². The van der Waals surface area contributed by atoms with Crippen LogP contribution in [0.3, 0.4) is 0 Å². The number of hydrogen-bond donors (Lipinski definition) is 1. The number of fused-ring (bicyclic) bond motifs is 1. The SMILES string of the molecule is CCC(=O)N1CCc2cc(Br)c(S(=O)(=O)N3CCC[C@H](C(=O)N[C@@H]4CCCC[C@@H]4C)C3)cc21. The number of nitrogens with one attached hydrogen (secondary N) is 1. The summed E-state index contributed by atoms with van der Waals surface area (Å²) in [4.78, 5) is 27.2. The molecule has 0 spiro atoms. The van der Waals surface area contributed by atoms with E-state index in [0.717, 1.165) is 24.8 Å². The standard InChI is InChI=1S/C24H34BrN3O4S/c1-3-23(29)28-12-10-17-13-19(25)22(14-21(17)28)33(31,32)27-11-6-8-18(15-27)24(30)26-20-9-5-4-7-16(20)2/h13-14,16,18,20H,3-12,15H2,1-2H3,(H,26,30)/t16-,18-,20+/m0/s1. The van der Waals surface area contributed by atoms with E-state index in [1.807, 2.05) is 13.0 Å². The van der Waals surface area contributed by atoms with Gasteiger partial charge in [-0.2, -0.15) is 4.31 Å². The predicted molar refractivity (Wildman–Crippen MR) is 132 cm³/mol. The third-order valence-corrected chi connectivity index (χ3v) is 10.3. The van der Waals surface area contributed by atoms with Gasteiger partial charge in [0, 0.05) is 42.3 Å². The fraction of sp³-hybridized carbons (Fsp3) is 0.667. The van der Waals surface area contributed by atoms with Crippen molar-refractivity contribution in [3.63, 3.8) is 0 Å². The van der Waals surface area contributed by atoms with Crippen molar-refractivity contribution in [3.8, 4) is 0 Å². The number of carbonyl (C=O) groups excluding carboxylic acids is 2. The molecule has 1 aliphatic carbocycles. The summed E-state index contributed by atoms with van der Waals surface area (Å²) in [6, 6.07) is 3.64. The van der Waals surface area contributed by atoms with Crippen LogP contribution in [0.15, 0.2) is 21.5 Å². The number of carbonyl (C=O) groups is 2. The Balaban J connectivity index is 1.52. The van der Waals surface area contributed by atoms with Gasteiger partial charge in [-0.05, 0) is 71.6 Å². The fourth-order valence-corrected chi connectivity index (χ4v) is 7.97. The van der Waals surface area contributed by atoms with Gasteiger partial charge in [0.1, 0.15) is 0 Å². The number of amides is 2. The van der Waals surface area contributed by atoms with Crippen molar-refractivity contribution in [1.29, 1.82) is 0 Å². The molecule has 1 aromatic rings. The topological polar surface area (TPSA) is 86.8 Å². The van der Waals surface area contributed by atoms with E-state index < -0.39 is 10.0 Å². The molecule has 2 heterocycles. The minimum absolute atomic E-state index is 0.00827. The Morgan fingerprint density at radius 2 is 1.88 bits per heavy atom. The molecule has 1 N–H and O–H groups in total. The van der Waals surface area contributed by atoms with Crippen LogP contribution in [-0.4, -0.2) is 50.2 Å². The number of hydrogen-bond acceptors (Lipinski definition) is 4. The number of nitrogens with zero attached hydrogens (tertiary/aromatic N) is 2. The third kappa shape index (κ3) is 5.00. The first kappa shape index (κ1) is 24.7. The van der Waals surface area contributed by atoms with Gasteiger partial charge in [0.15, 0.2) is 0 Å². The van der Waals surface area contributed by atoms with Crippen molar-refractivity contribution in [2.24, 2.45) is 11.8 Å². The van der Waals surface area contributed by atoms with Crippen LogP contribution in [0.1, 0.15) is 64.4 Å². The van der Waals surface area contributed by atoms with Crippen molar-refractivity contribution in [1.82, 2.24) is 9.62 Å². The van der Waals surface area contributed by atoms with Gasteiger partial charge < -0.3 is 10.2 Å². The quantitative estimate of drug-likeness (QED) is 0.615. The van der Waals surface area contributed by atoms with Crippen molar-refractivity contribution < 1.29 is 18.0 Å². The zero-order valence-electron chi connectivity index (χ0n) is 19.5. The van der Waals surface area contributed by atoms with Crippen LogP contribution in [0, 0.1) is 11.8 Å². The Morgan fingerprint density at radius 1 is 1.12 bits per heavy atom. The summed E-state index contributed by atoms with van der Waals surface area (Å²) in [6.45, 7) is 5.15. The first-order valence-electron chi connectivity index (χ1n) is 12.2. The first-order chi connectivity index (χ1) is 15.7. The molecule has 3 aliphatic rings. The Labute approximate surface area is 205 Å². The Morgan fingerprint density at radius 3 is 2.61 bits per heavy atom. The summed E-state index contributed by atoms with van der Waals surface area (Å²) in [6.07, 6.45) is 6.90. The summed E-state index contributed by atoms with van der Waals surface area (Å²) in [7, 11) is -3.81. The summed E-state index contributed by atoms with van der Waals surface area (Å²) in [5, 5.41) is 3.21. The van der Waals surface area contributed by atoms with Gasteiger partial charge in [-0.15, -0.1) is 0 Å². The van der Waals surface area contributed by atoms with Gasteiger partial charge >= 0.3 is 0 Å². The lowest BCUT2D eigenvalue weighted by Gasteiger charge is -2.34. The second-order valence-corrected chi connectivity index (χ2v) is 12.4. The Bertz CT molecular complexity index is 1030. The molecule has 7 nitrogen and oxygen atoms in total. The number of sulfonamides is 1. The van der Waals surface area contributed by atoms with Gasteiger partial charge in [-0.1, -0.05) is 26.7 Å². The van der Waals surface area contributed by atoms with Gasteiger partial charge in [-0.25, -0.2) is 8.42 Å². The van der Waals surface area contributed by atoms with Crippen LogP contribution in [0.4, 0.5) is 5.69 Å². The number of piperidine rings is 1. The van der Waals surface area contributed by atoms with Gasteiger partial charge in [0.25, 0.3) is 0 Å². The monoisotopic (exact) mass is 539 g/mol. The van der Waals surface area contributed by atoms with E-state index in [2.05, 4.69) is 28.2 Å². The maximum atomic E-state index is 13.6. The van der Waals surface area contributed by atoms with Crippen LogP contribution in [0.5, 0.6) is 0 Å². The molecular weight excluding hydrogens is 506 g/mol. The van der Waals surface area contributed by atoms with Crippen molar-refractivity contribution >= 4 is 43.5 Å². The molecule has 4 rings (SSSR count). The van der Waals surface area contributed by atoms with E-state index in [1.54, 1.807) is 11.0 Å². The minimum atomic E-state index is -3.81. The number of anilines is 1. The zero-order chi connectivity index (χ0) is 23.8. The smallest absolute Gasteiger partial charge is 0.244 e. The highest BCUT2D eigenvalue weighted by atomic mass is 79.9. The van der Waals surface area contributed by atoms with Crippen molar-refractivity contribution in [3.05, 3.63) is 22.2 Å². The normalized spacial score (nSPS) is 26.2. The number of rotatable bonds is 5. The molecule has 0 bridgehead atoms. The second-order valence-electron chi connectivity index (χ2n) is 9.64. The minimum Gasteiger partial charge on any atom is -0.353 e. The molecule has 1 saturated carbocycles. The Kier molecular flexibility index (Phi) is 7.50. The predicted octanol–water partition coefficient (Wildman–Crippen LogP) is 3.84. The van der Waals surface area contributed by atoms with E-state index in [0.29, 0.717) is 54.9 Å². The van der Waals surface area contributed by atoms with E-state index in [-0.39, 0.29) is 35.2 Å². The average Bonchev–Trinajstić information content (AvgIpc) is 3.22. The summed E-state index contributed by atoms with van der Waals surface area (Å²) in [5.41, 5.74) is 1.65. The largest absolute Gasteiger partial charge is 0.353 e. The molecule has 2 amide bonds. The molecule has 0 unspecified atom stereocenters. The molecule has 33 heavy (non-hydrogen) atoms. The van der Waals surface area contributed by atoms with Crippen molar-refractivity contribution in [2.75, 3.05) is 24.5 Å². The lowest BCUT2D eigenvalue weighted by atomic mass is 9.85. The van der Waals surface area contributed by atoms with Gasteiger partial charge in [-0.3, -0.25) is 9.59 Å². The van der Waals surface area contributed by atoms with Crippen molar-refractivity contribution in [2.45, 2.75) is 76.2 Å². The van der Waals surface area contributed by atoms with E-state index in [9.17, 15) is 18.0 Å². The first-order valence-corrected chi connectivity index (χ1v) is 14.4.